The van der Waals surface area contributed by atoms with E-state index in [1.165, 1.54) is 6.33 Å². The van der Waals surface area contributed by atoms with Crippen molar-refractivity contribution in [2.45, 2.75) is 13.0 Å². The molecule has 1 rings (SSSR count). The maximum absolute atomic E-state index is 11.3. The van der Waals surface area contributed by atoms with Gasteiger partial charge < -0.3 is 4.98 Å². The van der Waals surface area contributed by atoms with Crippen molar-refractivity contribution < 1.29 is 8.42 Å². The number of aromatic nitrogens is 2. The predicted molar refractivity (Wildman–Crippen MR) is 54.6 cm³/mol. The largest absolute Gasteiger partial charge is 0.347 e. The Balaban J connectivity index is 2.37. The Morgan fingerprint density at radius 1 is 1.57 bits per heavy atom. The number of nitrogens with zero attached hydrogens (tertiary/aromatic N) is 1. The van der Waals surface area contributed by atoms with Crippen LogP contribution in [-0.2, 0) is 16.6 Å². The monoisotopic (exact) mass is 237 g/mol. The molecule has 0 unspecified atom stereocenters. The summed E-state index contributed by atoms with van der Waals surface area (Å²) in [6.45, 7) is 0.241. The second-order valence-electron chi connectivity index (χ2n) is 2.76. The highest BCUT2D eigenvalue weighted by Crippen LogP contribution is 1.95. The van der Waals surface area contributed by atoms with E-state index in [1.54, 1.807) is 6.20 Å². The zero-order chi connectivity index (χ0) is 10.4. The second kappa shape index (κ2) is 5.33. The van der Waals surface area contributed by atoms with Gasteiger partial charge in [-0.1, -0.05) is 0 Å². The number of sulfonamides is 1. The number of imidazole rings is 1. The first-order valence-corrected chi connectivity index (χ1v) is 6.33. The molecule has 0 aliphatic heterocycles. The Hall–Kier alpha value is -0.590. The van der Waals surface area contributed by atoms with Gasteiger partial charge in [0.15, 0.2) is 0 Å². The van der Waals surface area contributed by atoms with Crippen LogP contribution in [0.4, 0.5) is 0 Å². The Labute approximate surface area is 87.9 Å². The van der Waals surface area contributed by atoms with Gasteiger partial charge in [0.05, 0.1) is 18.6 Å². The fraction of sp³-hybridized carbons (Fsp3) is 0.571. The lowest BCUT2D eigenvalue weighted by molar-refractivity contribution is 0.579. The van der Waals surface area contributed by atoms with Gasteiger partial charge in [-0.25, -0.2) is 18.1 Å². The first-order chi connectivity index (χ1) is 6.64. The lowest BCUT2D eigenvalue weighted by atomic mass is 10.5. The number of nitrogens with one attached hydrogen (secondary N) is 2. The van der Waals surface area contributed by atoms with Crippen LogP contribution in [0.1, 0.15) is 12.1 Å². The van der Waals surface area contributed by atoms with Crippen LogP contribution in [0.3, 0.4) is 0 Å². The summed E-state index contributed by atoms with van der Waals surface area (Å²) in [7, 11) is -3.20. The molecule has 0 saturated heterocycles. The van der Waals surface area contributed by atoms with E-state index >= 15 is 0 Å². The van der Waals surface area contributed by atoms with Crippen LogP contribution >= 0.6 is 11.6 Å². The third-order valence-electron chi connectivity index (χ3n) is 1.58. The van der Waals surface area contributed by atoms with Gasteiger partial charge in [0.25, 0.3) is 0 Å². The molecule has 7 heteroatoms. The van der Waals surface area contributed by atoms with E-state index in [0.717, 1.165) is 5.69 Å². The standard InChI is InChI=1S/C7H12ClN3O2S/c8-2-1-3-14(12,13)11-5-7-4-9-6-10-7/h4,6,11H,1-3,5H2,(H,9,10). The smallest absolute Gasteiger partial charge is 0.211 e. The summed E-state index contributed by atoms with van der Waals surface area (Å²) in [5.74, 6) is 0.412. The first-order valence-electron chi connectivity index (χ1n) is 4.14. The van der Waals surface area contributed by atoms with Gasteiger partial charge >= 0.3 is 0 Å². The Morgan fingerprint density at radius 3 is 2.93 bits per heavy atom. The van der Waals surface area contributed by atoms with Crippen molar-refractivity contribution in [3.05, 3.63) is 18.2 Å². The molecule has 1 heterocycles. The molecule has 0 aliphatic carbocycles. The molecular formula is C7H12ClN3O2S. The molecule has 0 aromatic carbocycles. The summed E-state index contributed by atoms with van der Waals surface area (Å²) in [6, 6.07) is 0. The first kappa shape index (κ1) is 11.5. The van der Waals surface area contributed by atoms with Gasteiger partial charge in [0.2, 0.25) is 10.0 Å². The van der Waals surface area contributed by atoms with Crippen molar-refractivity contribution in [1.29, 1.82) is 0 Å². The molecule has 80 valence electrons. The van der Waals surface area contributed by atoms with Crippen molar-refractivity contribution in [2.24, 2.45) is 0 Å². The molecule has 14 heavy (non-hydrogen) atoms. The summed E-state index contributed by atoms with van der Waals surface area (Å²) in [5.41, 5.74) is 0.736. The maximum Gasteiger partial charge on any atom is 0.211 e. The summed E-state index contributed by atoms with van der Waals surface area (Å²) >= 11 is 5.40. The zero-order valence-corrected chi connectivity index (χ0v) is 9.11. The quantitative estimate of drug-likeness (QED) is 0.706. The minimum Gasteiger partial charge on any atom is -0.347 e. The number of hydrogen-bond donors (Lipinski definition) is 2. The van der Waals surface area contributed by atoms with Crippen LogP contribution in [0, 0.1) is 0 Å². The molecule has 0 bridgehead atoms. The van der Waals surface area contributed by atoms with E-state index < -0.39 is 10.0 Å². The molecular weight excluding hydrogens is 226 g/mol. The number of H-pyrrole nitrogens is 1. The van der Waals surface area contributed by atoms with Crippen LogP contribution in [-0.4, -0.2) is 30.0 Å². The maximum atomic E-state index is 11.3. The number of rotatable bonds is 6. The third-order valence-corrected chi connectivity index (χ3v) is 3.26. The van der Waals surface area contributed by atoms with E-state index in [1.807, 2.05) is 0 Å². The Bertz CT molecular complexity index is 349. The summed E-state index contributed by atoms with van der Waals surface area (Å²) in [4.78, 5) is 6.58. The van der Waals surface area contributed by atoms with E-state index in [2.05, 4.69) is 14.7 Å². The molecule has 1 aromatic heterocycles. The fourth-order valence-electron chi connectivity index (χ4n) is 0.886. The number of hydrogen-bond acceptors (Lipinski definition) is 3. The van der Waals surface area contributed by atoms with Crippen LogP contribution in [0.2, 0.25) is 0 Å². The molecule has 1 aromatic rings. The summed E-state index contributed by atoms with van der Waals surface area (Å²) < 4.78 is 25.0. The van der Waals surface area contributed by atoms with E-state index in [-0.39, 0.29) is 12.3 Å². The van der Waals surface area contributed by atoms with Crippen molar-refractivity contribution >= 4 is 21.6 Å². The number of aromatic amines is 1. The van der Waals surface area contributed by atoms with Gasteiger partial charge in [-0.05, 0) is 6.42 Å². The highest BCUT2D eigenvalue weighted by molar-refractivity contribution is 7.89. The third kappa shape index (κ3) is 4.08. The SMILES string of the molecule is O=S(=O)(CCCCl)NCc1cnc[nH]1. The molecule has 5 nitrogen and oxygen atoms in total. The Morgan fingerprint density at radius 2 is 2.36 bits per heavy atom. The molecule has 0 spiro atoms. The summed E-state index contributed by atoms with van der Waals surface area (Å²) in [6.07, 6.45) is 3.53. The van der Waals surface area contributed by atoms with Crippen molar-refractivity contribution in [3.8, 4) is 0 Å². The molecule has 0 amide bonds. The minimum absolute atomic E-state index is 0.0602. The lowest BCUT2D eigenvalue weighted by Gasteiger charge is -2.03. The lowest BCUT2D eigenvalue weighted by Crippen LogP contribution is -2.26. The van der Waals surface area contributed by atoms with Crippen molar-refractivity contribution in [3.63, 3.8) is 0 Å². The minimum atomic E-state index is -3.20. The molecule has 0 atom stereocenters. The van der Waals surface area contributed by atoms with Gasteiger partial charge in [0.1, 0.15) is 0 Å². The predicted octanol–water partition coefficient (Wildman–Crippen LogP) is 0.458. The average molecular weight is 238 g/mol. The zero-order valence-electron chi connectivity index (χ0n) is 7.53. The molecule has 2 N–H and O–H groups in total. The van der Waals surface area contributed by atoms with Gasteiger partial charge in [-0.2, -0.15) is 0 Å². The topological polar surface area (TPSA) is 74.8 Å². The second-order valence-corrected chi connectivity index (χ2v) is 5.06. The molecule has 0 radical (unpaired) electrons. The van der Waals surface area contributed by atoms with E-state index in [4.69, 9.17) is 11.6 Å². The van der Waals surface area contributed by atoms with E-state index in [0.29, 0.717) is 12.3 Å². The molecule has 0 fully saturated rings. The molecule has 0 saturated carbocycles. The highest BCUT2D eigenvalue weighted by atomic mass is 35.5. The van der Waals surface area contributed by atoms with Gasteiger partial charge in [0, 0.05) is 17.8 Å². The van der Waals surface area contributed by atoms with E-state index in [9.17, 15) is 8.42 Å². The summed E-state index contributed by atoms with van der Waals surface area (Å²) in [5, 5.41) is 0. The van der Waals surface area contributed by atoms with Crippen LogP contribution in [0.5, 0.6) is 0 Å². The average Bonchev–Trinajstić information content (AvgIpc) is 2.64. The number of halogens is 1. The molecule has 0 aliphatic rings. The Kier molecular flexibility index (Phi) is 4.37. The van der Waals surface area contributed by atoms with Crippen LogP contribution in [0.25, 0.3) is 0 Å². The van der Waals surface area contributed by atoms with Gasteiger partial charge in [-0.15, -0.1) is 11.6 Å². The fourth-order valence-corrected chi connectivity index (χ4v) is 2.22. The number of alkyl halides is 1. The van der Waals surface area contributed by atoms with Crippen LogP contribution < -0.4 is 4.72 Å². The highest BCUT2D eigenvalue weighted by Gasteiger charge is 2.08. The van der Waals surface area contributed by atoms with Gasteiger partial charge in [-0.3, -0.25) is 0 Å². The van der Waals surface area contributed by atoms with Crippen LogP contribution in [0.15, 0.2) is 12.5 Å². The van der Waals surface area contributed by atoms with Crippen molar-refractivity contribution in [1.82, 2.24) is 14.7 Å². The van der Waals surface area contributed by atoms with Crippen molar-refractivity contribution in [2.75, 3.05) is 11.6 Å². The normalized spacial score (nSPS) is 11.8.